The van der Waals surface area contributed by atoms with Gasteiger partial charge in [0.1, 0.15) is 16.6 Å². The lowest BCUT2D eigenvalue weighted by Crippen LogP contribution is -2.28. The fourth-order valence-electron chi connectivity index (χ4n) is 3.18. The number of pyridine rings is 1. The SMILES string of the molecule is COc1ccc(N2C(=O)CSC2c2ccc3cccc(O)c3n2)cc1OC. The molecule has 0 saturated carbocycles. The van der Waals surface area contributed by atoms with E-state index in [4.69, 9.17) is 9.47 Å². The molecule has 1 aliphatic heterocycles. The molecule has 7 heteroatoms. The van der Waals surface area contributed by atoms with E-state index >= 15 is 0 Å². The molecule has 1 unspecified atom stereocenters. The van der Waals surface area contributed by atoms with Crippen molar-refractivity contribution in [3.63, 3.8) is 0 Å². The maximum Gasteiger partial charge on any atom is 0.238 e. The number of fused-ring (bicyclic) bond motifs is 1. The minimum Gasteiger partial charge on any atom is -0.506 e. The van der Waals surface area contributed by atoms with Crippen molar-refractivity contribution >= 4 is 34.3 Å². The van der Waals surface area contributed by atoms with Gasteiger partial charge in [-0.15, -0.1) is 11.8 Å². The summed E-state index contributed by atoms with van der Waals surface area (Å²) in [6.07, 6.45) is 0. The molecule has 1 saturated heterocycles. The number of carbonyl (C=O) groups is 1. The Balaban J connectivity index is 1.77. The maximum absolute atomic E-state index is 12.6. The van der Waals surface area contributed by atoms with Gasteiger partial charge in [-0.2, -0.15) is 0 Å². The van der Waals surface area contributed by atoms with Crippen molar-refractivity contribution in [1.29, 1.82) is 0 Å². The summed E-state index contributed by atoms with van der Waals surface area (Å²) in [5.41, 5.74) is 1.96. The Morgan fingerprint density at radius 1 is 1.11 bits per heavy atom. The van der Waals surface area contributed by atoms with Gasteiger partial charge in [0.25, 0.3) is 0 Å². The van der Waals surface area contributed by atoms with Crippen molar-refractivity contribution in [1.82, 2.24) is 4.98 Å². The molecule has 0 spiro atoms. The van der Waals surface area contributed by atoms with E-state index in [-0.39, 0.29) is 17.0 Å². The number of hydrogen-bond donors (Lipinski definition) is 1. The summed E-state index contributed by atoms with van der Waals surface area (Å²) < 4.78 is 10.6. The number of hydrogen-bond acceptors (Lipinski definition) is 6. The van der Waals surface area contributed by atoms with Gasteiger partial charge in [-0.3, -0.25) is 9.69 Å². The van der Waals surface area contributed by atoms with Gasteiger partial charge in [0.05, 0.1) is 25.7 Å². The zero-order chi connectivity index (χ0) is 19.0. The number of carbonyl (C=O) groups excluding carboxylic acids is 1. The molecule has 0 bridgehead atoms. The monoisotopic (exact) mass is 382 g/mol. The van der Waals surface area contributed by atoms with Crippen LogP contribution in [0.1, 0.15) is 11.1 Å². The average Bonchev–Trinajstić information content (AvgIpc) is 3.09. The van der Waals surface area contributed by atoms with Gasteiger partial charge in [-0.1, -0.05) is 18.2 Å². The number of ether oxygens (including phenoxy) is 2. The van der Waals surface area contributed by atoms with Crippen molar-refractivity contribution in [2.75, 3.05) is 24.9 Å². The van der Waals surface area contributed by atoms with Crippen LogP contribution in [0.15, 0.2) is 48.5 Å². The van der Waals surface area contributed by atoms with Crippen LogP contribution in [0.2, 0.25) is 0 Å². The van der Waals surface area contributed by atoms with E-state index in [1.54, 1.807) is 43.4 Å². The van der Waals surface area contributed by atoms with Crippen LogP contribution in [0.5, 0.6) is 17.2 Å². The molecule has 1 aliphatic rings. The van der Waals surface area contributed by atoms with E-state index in [1.165, 1.54) is 11.8 Å². The lowest BCUT2D eigenvalue weighted by atomic mass is 10.1. The van der Waals surface area contributed by atoms with Gasteiger partial charge in [0, 0.05) is 17.1 Å². The van der Waals surface area contributed by atoms with Crippen LogP contribution < -0.4 is 14.4 Å². The Hall–Kier alpha value is -2.93. The van der Waals surface area contributed by atoms with Crippen LogP contribution in [0.4, 0.5) is 5.69 Å². The molecule has 0 radical (unpaired) electrons. The third kappa shape index (κ3) is 3.04. The van der Waals surface area contributed by atoms with E-state index in [0.717, 1.165) is 11.1 Å². The Bertz CT molecular complexity index is 1020. The lowest BCUT2D eigenvalue weighted by molar-refractivity contribution is -0.115. The number of phenolic OH excluding ortho intramolecular Hbond substituents is 1. The zero-order valence-electron chi connectivity index (χ0n) is 14.9. The summed E-state index contributed by atoms with van der Waals surface area (Å²) in [5.74, 6) is 1.64. The van der Waals surface area contributed by atoms with Gasteiger partial charge < -0.3 is 14.6 Å². The van der Waals surface area contributed by atoms with Crippen molar-refractivity contribution < 1.29 is 19.4 Å². The smallest absolute Gasteiger partial charge is 0.238 e. The van der Waals surface area contributed by atoms with Gasteiger partial charge in [0.2, 0.25) is 5.91 Å². The average molecular weight is 382 g/mol. The highest BCUT2D eigenvalue weighted by atomic mass is 32.2. The molecular formula is C20H18N2O4S. The molecule has 3 aromatic rings. The highest BCUT2D eigenvalue weighted by Gasteiger charge is 2.35. The molecule has 1 amide bonds. The molecule has 2 heterocycles. The molecule has 1 atom stereocenters. The molecule has 138 valence electrons. The summed E-state index contributed by atoms with van der Waals surface area (Å²) in [6, 6.07) is 14.5. The number of aromatic nitrogens is 1. The Labute approximate surface area is 160 Å². The van der Waals surface area contributed by atoms with Crippen molar-refractivity contribution in [3.05, 3.63) is 54.2 Å². The summed E-state index contributed by atoms with van der Waals surface area (Å²) >= 11 is 1.50. The van der Waals surface area contributed by atoms with Gasteiger partial charge in [-0.05, 0) is 24.3 Å². The molecule has 0 aliphatic carbocycles. The third-order valence-electron chi connectivity index (χ3n) is 4.49. The first-order valence-electron chi connectivity index (χ1n) is 8.36. The van der Waals surface area contributed by atoms with Crippen LogP contribution in [0, 0.1) is 0 Å². The van der Waals surface area contributed by atoms with Crippen LogP contribution >= 0.6 is 11.8 Å². The normalized spacial score (nSPS) is 16.7. The fraction of sp³-hybridized carbons (Fsp3) is 0.200. The van der Waals surface area contributed by atoms with Crippen molar-refractivity contribution in [2.45, 2.75) is 5.37 Å². The number of anilines is 1. The molecule has 4 rings (SSSR count). The molecule has 2 aromatic carbocycles. The Kier molecular flexibility index (Phi) is 4.53. The predicted molar refractivity (Wildman–Crippen MR) is 106 cm³/mol. The summed E-state index contributed by atoms with van der Waals surface area (Å²) in [4.78, 5) is 18.9. The topological polar surface area (TPSA) is 71.9 Å². The van der Waals surface area contributed by atoms with E-state index in [2.05, 4.69) is 4.98 Å². The molecular weight excluding hydrogens is 364 g/mol. The number of phenols is 1. The number of nitrogens with zero attached hydrogens (tertiary/aromatic N) is 2. The fourth-order valence-corrected chi connectivity index (χ4v) is 4.31. The number of amides is 1. The predicted octanol–water partition coefficient (Wildman–Crippen LogP) is 3.74. The number of thioether (sulfide) groups is 1. The minimum atomic E-state index is -0.278. The number of para-hydroxylation sites is 1. The summed E-state index contributed by atoms with van der Waals surface area (Å²) in [7, 11) is 3.13. The molecule has 1 aromatic heterocycles. The highest BCUT2D eigenvalue weighted by Crippen LogP contribution is 2.43. The second kappa shape index (κ2) is 7.00. The van der Waals surface area contributed by atoms with Crippen molar-refractivity contribution in [2.24, 2.45) is 0 Å². The first-order valence-corrected chi connectivity index (χ1v) is 9.41. The number of aromatic hydroxyl groups is 1. The van der Waals surface area contributed by atoms with Crippen molar-refractivity contribution in [3.8, 4) is 17.2 Å². The maximum atomic E-state index is 12.6. The van der Waals surface area contributed by atoms with Crippen LogP contribution in [-0.4, -0.2) is 36.0 Å². The largest absolute Gasteiger partial charge is 0.506 e. The number of rotatable bonds is 4. The molecule has 1 fully saturated rings. The van der Waals surface area contributed by atoms with Crippen LogP contribution in [0.25, 0.3) is 10.9 Å². The quantitative estimate of drug-likeness (QED) is 0.741. The lowest BCUT2D eigenvalue weighted by Gasteiger charge is -2.24. The van der Waals surface area contributed by atoms with E-state index in [0.29, 0.717) is 28.5 Å². The van der Waals surface area contributed by atoms with E-state index < -0.39 is 0 Å². The summed E-state index contributed by atoms with van der Waals surface area (Å²) in [5, 5.41) is 10.7. The van der Waals surface area contributed by atoms with Crippen LogP contribution in [0.3, 0.4) is 0 Å². The second-order valence-electron chi connectivity index (χ2n) is 6.05. The zero-order valence-corrected chi connectivity index (χ0v) is 15.7. The second-order valence-corrected chi connectivity index (χ2v) is 7.12. The first-order chi connectivity index (χ1) is 13.1. The van der Waals surface area contributed by atoms with Gasteiger partial charge in [0.15, 0.2) is 11.5 Å². The Morgan fingerprint density at radius 3 is 2.70 bits per heavy atom. The number of benzene rings is 2. The third-order valence-corrected chi connectivity index (χ3v) is 5.67. The highest BCUT2D eigenvalue weighted by molar-refractivity contribution is 8.00. The minimum absolute atomic E-state index is 0.00333. The molecule has 6 nitrogen and oxygen atoms in total. The van der Waals surface area contributed by atoms with Gasteiger partial charge >= 0.3 is 0 Å². The van der Waals surface area contributed by atoms with Gasteiger partial charge in [-0.25, -0.2) is 4.98 Å². The Morgan fingerprint density at radius 2 is 1.93 bits per heavy atom. The molecule has 1 N–H and O–H groups in total. The van der Waals surface area contributed by atoms with E-state index in [9.17, 15) is 9.90 Å². The van der Waals surface area contributed by atoms with Crippen LogP contribution in [-0.2, 0) is 4.79 Å². The van der Waals surface area contributed by atoms with E-state index in [1.807, 2.05) is 24.3 Å². The summed E-state index contributed by atoms with van der Waals surface area (Å²) in [6.45, 7) is 0. The number of methoxy groups -OCH3 is 2. The molecule has 27 heavy (non-hydrogen) atoms. The standard InChI is InChI=1S/C20H18N2O4S/c1-25-16-9-7-13(10-17(16)26-2)22-18(24)11-27-20(22)14-8-6-12-4-3-5-15(23)19(12)21-14/h3-10,20,23H,11H2,1-2H3. The first kappa shape index (κ1) is 17.5.